The Morgan fingerprint density at radius 1 is 1.13 bits per heavy atom. The van der Waals surface area contributed by atoms with E-state index >= 15 is 0 Å². The molecular weight excluding hydrogens is 381 g/mol. The van der Waals surface area contributed by atoms with Crippen LogP contribution in [0.15, 0.2) is 0 Å². The van der Waals surface area contributed by atoms with Crippen LogP contribution in [0.2, 0.25) is 0 Å². The van der Waals surface area contributed by atoms with Crippen molar-refractivity contribution in [2.75, 3.05) is 11.9 Å². The van der Waals surface area contributed by atoms with Crippen molar-refractivity contribution in [3.05, 3.63) is 0 Å². The molecule has 0 heterocycles. The van der Waals surface area contributed by atoms with E-state index in [1.165, 1.54) is 0 Å². The molecule has 0 saturated heterocycles. The van der Waals surface area contributed by atoms with Gasteiger partial charge in [0.2, 0.25) is 6.10 Å². The van der Waals surface area contributed by atoms with Crippen molar-refractivity contribution < 1.29 is 32.2 Å². The molecule has 0 aliphatic rings. The van der Waals surface area contributed by atoms with Gasteiger partial charge in [-0.3, -0.25) is 9.59 Å². The summed E-state index contributed by atoms with van der Waals surface area (Å²) in [5.41, 5.74) is 0. The molecule has 0 N–H and O–H groups in total. The largest absolute Gasteiger partial charge is 0.465 e. The van der Waals surface area contributed by atoms with Gasteiger partial charge in [0.1, 0.15) is 0 Å². The minimum Gasteiger partial charge on any atom is -0.465 e. The van der Waals surface area contributed by atoms with Gasteiger partial charge >= 0.3 is 18.1 Å². The van der Waals surface area contributed by atoms with Crippen LogP contribution in [-0.4, -0.2) is 36.2 Å². The van der Waals surface area contributed by atoms with E-state index in [0.29, 0.717) is 0 Å². The maximum absolute atomic E-state index is 12.4. The SMILES string of the molecule is CCCCC(CC)COC(=O)CCC(=O)OC(CBr)C(F)(F)F. The van der Waals surface area contributed by atoms with Gasteiger partial charge in [-0.05, 0) is 12.3 Å². The van der Waals surface area contributed by atoms with E-state index in [9.17, 15) is 22.8 Å². The molecule has 23 heavy (non-hydrogen) atoms. The van der Waals surface area contributed by atoms with Crippen molar-refractivity contribution in [3.8, 4) is 0 Å². The Morgan fingerprint density at radius 2 is 1.74 bits per heavy atom. The summed E-state index contributed by atoms with van der Waals surface area (Å²) in [6.45, 7) is 4.35. The molecule has 2 unspecified atom stereocenters. The van der Waals surface area contributed by atoms with Gasteiger partial charge in [-0.1, -0.05) is 49.0 Å². The van der Waals surface area contributed by atoms with Gasteiger partial charge in [0.05, 0.1) is 19.4 Å². The number of unbranched alkanes of at least 4 members (excludes halogenated alkanes) is 1. The van der Waals surface area contributed by atoms with E-state index < -0.39 is 36.0 Å². The summed E-state index contributed by atoms with van der Waals surface area (Å²) in [6, 6.07) is 0. The summed E-state index contributed by atoms with van der Waals surface area (Å²) in [5.74, 6) is -1.39. The molecule has 4 nitrogen and oxygen atoms in total. The third-order valence-electron chi connectivity index (χ3n) is 3.34. The quantitative estimate of drug-likeness (QED) is 0.378. The van der Waals surface area contributed by atoms with E-state index in [-0.39, 0.29) is 18.9 Å². The van der Waals surface area contributed by atoms with Crippen molar-refractivity contribution in [2.24, 2.45) is 5.92 Å². The molecule has 0 aliphatic carbocycles. The first-order valence-electron chi connectivity index (χ1n) is 7.72. The molecule has 0 amide bonds. The summed E-state index contributed by atoms with van der Waals surface area (Å²) < 4.78 is 46.7. The molecule has 0 aliphatic heterocycles. The molecule has 0 rings (SSSR count). The zero-order valence-corrected chi connectivity index (χ0v) is 15.0. The third kappa shape index (κ3) is 10.6. The van der Waals surface area contributed by atoms with Crippen LogP contribution in [0.4, 0.5) is 13.2 Å². The minimum absolute atomic E-state index is 0.272. The molecule has 136 valence electrons. The standard InChI is InChI=1S/C15H24BrF3O4/c1-3-5-6-11(4-2)10-22-13(20)7-8-14(21)23-12(9-16)15(17,18)19/h11-12H,3-10H2,1-2H3. The lowest BCUT2D eigenvalue weighted by Crippen LogP contribution is -2.35. The van der Waals surface area contributed by atoms with Crippen LogP contribution < -0.4 is 0 Å². The van der Waals surface area contributed by atoms with Crippen LogP contribution in [0.3, 0.4) is 0 Å². The molecule has 0 radical (unpaired) electrons. The number of hydrogen-bond acceptors (Lipinski definition) is 4. The van der Waals surface area contributed by atoms with E-state index in [2.05, 4.69) is 27.6 Å². The monoisotopic (exact) mass is 404 g/mol. The summed E-state index contributed by atoms with van der Waals surface area (Å²) in [4.78, 5) is 22.9. The maximum Gasteiger partial charge on any atom is 0.426 e. The highest BCUT2D eigenvalue weighted by atomic mass is 79.9. The number of carbonyl (C=O) groups is 2. The lowest BCUT2D eigenvalue weighted by molar-refractivity contribution is -0.214. The zero-order chi connectivity index (χ0) is 17.9. The summed E-state index contributed by atoms with van der Waals surface area (Å²) in [7, 11) is 0. The average molecular weight is 405 g/mol. The Hall–Kier alpha value is -0.790. The minimum atomic E-state index is -4.63. The molecule has 0 fully saturated rings. The third-order valence-corrected chi connectivity index (χ3v) is 3.92. The van der Waals surface area contributed by atoms with Crippen molar-refractivity contribution in [3.63, 3.8) is 0 Å². The van der Waals surface area contributed by atoms with Gasteiger partial charge < -0.3 is 9.47 Å². The molecule has 0 aromatic carbocycles. The Balaban J connectivity index is 4.06. The second-order valence-electron chi connectivity index (χ2n) is 5.27. The van der Waals surface area contributed by atoms with Crippen LogP contribution in [-0.2, 0) is 19.1 Å². The molecule has 0 bridgehead atoms. The van der Waals surface area contributed by atoms with Crippen molar-refractivity contribution in [1.29, 1.82) is 0 Å². The highest BCUT2D eigenvalue weighted by Gasteiger charge is 2.42. The normalized spacial score (nSPS) is 14.2. The second-order valence-corrected chi connectivity index (χ2v) is 5.92. The van der Waals surface area contributed by atoms with Crippen LogP contribution in [0.5, 0.6) is 0 Å². The number of rotatable bonds is 11. The van der Waals surface area contributed by atoms with Crippen LogP contribution in [0, 0.1) is 5.92 Å². The first-order chi connectivity index (χ1) is 10.7. The fourth-order valence-electron chi connectivity index (χ4n) is 1.79. The van der Waals surface area contributed by atoms with Crippen LogP contribution in [0.25, 0.3) is 0 Å². The lowest BCUT2D eigenvalue weighted by atomic mass is 10.0. The number of halogens is 4. The first-order valence-corrected chi connectivity index (χ1v) is 8.84. The van der Waals surface area contributed by atoms with Crippen LogP contribution >= 0.6 is 15.9 Å². The molecule has 0 aromatic heterocycles. The summed E-state index contributed by atoms with van der Waals surface area (Å²) in [6.07, 6.45) is -3.59. The fourth-order valence-corrected chi connectivity index (χ4v) is 2.29. The zero-order valence-electron chi connectivity index (χ0n) is 13.5. The predicted molar refractivity (Wildman–Crippen MR) is 83.2 cm³/mol. The van der Waals surface area contributed by atoms with Gasteiger partial charge in [-0.25, -0.2) is 0 Å². The first kappa shape index (κ1) is 22.2. The van der Waals surface area contributed by atoms with Crippen LogP contribution in [0.1, 0.15) is 52.4 Å². The van der Waals surface area contributed by atoms with E-state index in [1.807, 2.05) is 6.92 Å². The van der Waals surface area contributed by atoms with Gasteiger partial charge in [0, 0.05) is 5.33 Å². The van der Waals surface area contributed by atoms with E-state index in [1.54, 1.807) is 0 Å². The predicted octanol–water partition coefficient (Wildman–Crippen LogP) is 4.40. The molecule has 0 saturated carbocycles. The average Bonchev–Trinajstić information content (AvgIpc) is 2.49. The van der Waals surface area contributed by atoms with Crippen molar-refractivity contribution in [1.82, 2.24) is 0 Å². The molecule has 0 spiro atoms. The smallest absolute Gasteiger partial charge is 0.426 e. The van der Waals surface area contributed by atoms with Gasteiger partial charge in [-0.15, -0.1) is 0 Å². The number of ether oxygens (including phenoxy) is 2. The number of carbonyl (C=O) groups excluding carboxylic acids is 2. The van der Waals surface area contributed by atoms with Gasteiger partial charge in [0.15, 0.2) is 0 Å². The number of alkyl halides is 4. The Morgan fingerprint density at radius 3 is 2.22 bits per heavy atom. The molecule has 2 atom stereocenters. The maximum atomic E-state index is 12.4. The number of esters is 2. The number of hydrogen-bond donors (Lipinski definition) is 0. The van der Waals surface area contributed by atoms with E-state index in [4.69, 9.17) is 4.74 Å². The lowest BCUT2D eigenvalue weighted by Gasteiger charge is -2.18. The molecular formula is C15H24BrF3O4. The molecule has 0 aromatic rings. The fraction of sp³-hybridized carbons (Fsp3) is 0.867. The highest BCUT2D eigenvalue weighted by Crippen LogP contribution is 2.24. The summed E-state index contributed by atoms with van der Waals surface area (Å²) in [5, 5.41) is -0.539. The molecule has 8 heteroatoms. The Kier molecular flexibility index (Phi) is 11.3. The Labute approximate surface area is 143 Å². The van der Waals surface area contributed by atoms with Crippen molar-refractivity contribution in [2.45, 2.75) is 64.7 Å². The second kappa shape index (κ2) is 11.7. The van der Waals surface area contributed by atoms with Gasteiger partial charge in [-0.2, -0.15) is 13.2 Å². The highest BCUT2D eigenvalue weighted by molar-refractivity contribution is 9.09. The summed E-state index contributed by atoms with van der Waals surface area (Å²) >= 11 is 2.64. The van der Waals surface area contributed by atoms with Gasteiger partial charge in [0.25, 0.3) is 0 Å². The topological polar surface area (TPSA) is 52.6 Å². The van der Waals surface area contributed by atoms with Crippen molar-refractivity contribution >= 4 is 27.9 Å². The Bertz CT molecular complexity index is 361. The van der Waals surface area contributed by atoms with E-state index in [0.717, 1.165) is 25.7 Å².